The molecular weight excluding hydrogens is 416 g/mol. The van der Waals surface area contributed by atoms with Crippen molar-refractivity contribution in [3.05, 3.63) is 43.0 Å². The van der Waals surface area contributed by atoms with Crippen molar-refractivity contribution in [1.82, 2.24) is 24.2 Å². The fourth-order valence-corrected chi connectivity index (χ4v) is 4.05. The van der Waals surface area contributed by atoms with Gasteiger partial charge in [-0.15, -0.1) is 0 Å². The zero-order valence-electron chi connectivity index (χ0n) is 15.4. The number of sulfonamides is 1. The van der Waals surface area contributed by atoms with Gasteiger partial charge in [0.25, 0.3) is 10.0 Å². The Bertz CT molecular complexity index is 1170. The van der Waals surface area contributed by atoms with Crippen LogP contribution in [-0.4, -0.2) is 63.0 Å². The first-order valence-electron chi connectivity index (χ1n) is 8.90. The van der Waals surface area contributed by atoms with Crippen LogP contribution in [0.5, 0.6) is 0 Å². The predicted molar refractivity (Wildman–Crippen MR) is 103 cm³/mol. The Morgan fingerprint density at radius 3 is 2.70 bits per heavy atom. The van der Waals surface area contributed by atoms with Gasteiger partial charge in [0.1, 0.15) is 18.7 Å². The lowest BCUT2D eigenvalue weighted by Crippen LogP contribution is -2.34. The molecule has 1 aromatic carbocycles. The van der Waals surface area contributed by atoms with Crippen molar-refractivity contribution >= 4 is 33.0 Å². The summed E-state index contributed by atoms with van der Waals surface area (Å²) in [5.41, 5.74) is 0.511. The van der Waals surface area contributed by atoms with Gasteiger partial charge in [0.2, 0.25) is 0 Å². The summed E-state index contributed by atoms with van der Waals surface area (Å²) in [6.45, 7) is -0.331. The Hall–Kier alpha value is -3.13. The predicted octanol–water partition coefficient (Wildman–Crippen LogP) is -0.0226. The molecule has 4 rings (SSSR count). The fourth-order valence-electron chi connectivity index (χ4n) is 3.12. The lowest BCUT2D eigenvalue weighted by Gasteiger charge is -2.13. The molecule has 2 aromatic heterocycles. The number of nitrogens with one attached hydrogen (secondary N) is 2. The molecule has 30 heavy (non-hydrogen) atoms. The number of nitrogens with zero attached hydrogens (tertiary/aromatic N) is 4. The van der Waals surface area contributed by atoms with Crippen molar-refractivity contribution in [1.29, 1.82) is 0 Å². The van der Waals surface area contributed by atoms with Gasteiger partial charge in [-0.25, -0.2) is 32.9 Å². The molecule has 3 heterocycles. The largest absolute Gasteiger partial charge is 0.394 e. The number of urea groups is 1. The summed E-state index contributed by atoms with van der Waals surface area (Å²) >= 11 is 0. The van der Waals surface area contributed by atoms with Crippen LogP contribution in [0.3, 0.4) is 0 Å². The highest BCUT2D eigenvalue weighted by molar-refractivity contribution is 7.90. The fraction of sp³-hybridized carbons (Fsp3) is 0.294. The third-order valence-corrected chi connectivity index (χ3v) is 5.91. The molecule has 12 nitrogen and oxygen atoms in total. The van der Waals surface area contributed by atoms with Crippen LogP contribution in [0.1, 0.15) is 12.6 Å². The van der Waals surface area contributed by atoms with Crippen LogP contribution in [0, 0.1) is 0 Å². The number of aliphatic hydroxyl groups is 2. The molecule has 0 aliphatic carbocycles. The van der Waals surface area contributed by atoms with Gasteiger partial charge in [-0.3, -0.25) is 9.88 Å². The molecule has 0 bridgehead atoms. The number of rotatable bonds is 5. The Morgan fingerprint density at radius 2 is 2.00 bits per heavy atom. The van der Waals surface area contributed by atoms with Crippen LogP contribution in [0.2, 0.25) is 0 Å². The number of fused-ring (bicyclic) bond motifs is 1. The number of ether oxygens (including phenoxy) is 1. The first-order chi connectivity index (χ1) is 14.4. The number of hydrogen-bond acceptors (Lipinski definition) is 9. The molecule has 4 N–H and O–H groups in total. The Labute approximate surface area is 170 Å². The summed E-state index contributed by atoms with van der Waals surface area (Å²) < 4.78 is 33.6. The van der Waals surface area contributed by atoms with Crippen LogP contribution in [0.15, 0.2) is 47.9 Å². The Morgan fingerprint density at radius 1 is 1.23 bits per heavy atom. The average molecular weight is 434 g/mol. The van der Waals surface area contributed by atoms with Crippen molar-refractivity contribution in [2.24, 2.45) is 0 Å². The molecule has 0 unspecified atom stereocenters. The minimum absolute atomic E-state index is 0.00300. The van der Waals surface area contributed by atoms with Gasteiger partial charge in [0, 0.05) is 6.42 Å². The monoisotopic (exact) mass is 434 g/mol. The molecule has 1 fully saturated rings. The van der Waals surface area contributed by atoms with Crippen molar-refractivity contribution in [2.75, 3.05) is 11.9 Å². The zero-order chi connectivity index (χ0) is 21.3. The Kier molecular flexibility index (Phi) is 5.34. The van der Waals surface area contributed by atoms with E-state index in [0.717, 1.165) is 0 Å². The van der Waals surface area contributed by atoms with Crippen LogP contribution in [0.4, 0.5) is 10.6 Å². The lowest BCUT2D eigenvalue weighted by atomic mass is 10.2. The van der Waals surface area contributed by atoms with E-state index in [1.54, 1.807) is 10.6 Å². The van der Waals surface area contributed by atoms with E-state index in [-0.39, 0.29) is 29.3 Å². The van der Waals surface area contributed by atoms with E-state index in [0.29, 0.717) is 5.65 Å². The van der Waals surface area contributed by atoms with E-state index in [9.17, 15) is 23.4 Å². The minimum atomic E-state index is -4.06. The molecule has 3 aromatic rings. The van der Waals surface area contributed by atoms with Crippen LogP contribution in [0.25, 0.3) is 11.2 Å². The van der Waals surface area contributed by atoms with Gasteiger partial charge in [-0.1, -0.05) is 18.2 Å². The number of amides is 2. The van der Waals surface area contributed by atoms with Gasteiger partial charge < -0.3 is 14.9 Å². The van der Waals surface area contributed by atoms with Crippen molar-refractivity contribution in [3.63, 3.8) is 0 Å². The molecule has 2 amide bonds. The lowest BCUT2D eigenvalue weighted by molar-refractivity contribution is -0.0432. The molecule has 3 atom stereocenters. The molecule has 13 heteroatoms. The van der Waals surface area contributed by atoms with E-state index in [1.165, 1.54) is 36.9 Å². The Balaban J connectivity index is 1.54. The third kappa shape index (κ3) is 3.82. The van der Waals surface area contributed by atoms with Gasteiger partial charge >= 0.3 is 6.03 Å². The van der Waals surface area contributed by atoms with Crippen LogP contribution < -0.4 is 10.0 Å². The van der Waals surface area contributed by atoms with Crippen LogP contribution in [-0.2, 0) is 14.8 Å². The van der Waals surface area contributed by atoms with E-state index in [1.807, 2.05) is 4.72 Å². The second kappa shape index (κ2) is 7.95. The maximum Gasteiger partial charge on any atom is 0.334 e. The molecule has 0 radical (unpaired) electrons. The van der Waals surface area contributed by atoms with E-state index in [2.05, 4.69) is 20.3 Å². The van der Waals surface area contributed by atoms with E-state index >= 15 is 0 Å². The smallest absolute Gasteiger partial charge is 0.334 e. The van der Waals surface area contributed by atoms with Crippen molar-refractivity contribution in [2.45, 2.75) is 29.8 Å². The highest BCUT2D eigenvalue weighted by Gasteiger charge is 2.35. The molecule has 1 aliphatic heterocycles. The number of carbonyl (C=O) groups is 1. The minimum Gasteiger partial charge on any atom is -0.394 e. The summed E-state index contributed by atoms with van der Waals surface area (Å²) in [6, 6.07) is 6.43. The summed E-state index contributed by atoms with van der Waals surface area (Å²) in [4.78, 5) is 24.4. The van der Waals surface area contributed by atoms with E-state index in [4.69, 9.17) is 4.74 Å². The van der Waals surface area contributed by atoms with Gasteiger partial charge in [0.15, 0.2) is 17.0 Å². The summed E-state index contributed by atoms with van der Waals surface area (Å²) in [6.07, 6.45) is 0.625. The number of hydrogen-bond donors (Lipinski definition) is 4. The van der Waals surface area contributed by atoms with Crippen LogP contribution >= 0.6 is 0 Å². The average Bonchev–Trinajstić information content (AvgIpc) is 3.32. The van der Waals surface area contributed by atoms with Gasteiger partial charge in [0.05, 0.1) is 23.9 Å². The number of aromatic nitrogens is 4. The zero-order valence-corrected chi connectivity index (χ0v) is 16.2. The molecular formula is C17H18N6O6S. The second-order valence-corrected chi connectivity index (χ2v) is 8.22. The normalized spacial score (nSPS) is 21.6. The molecule has 1 aliphatic rings. The highest BCUT2D eigenvalue weighted by atomic mass is 32.2. The summed E-state index contributed by atoms with van der Waals surface area (Å²) in [5.74, 6) is -0.00300. The quantitative estimate of drug-likeness (QED) is 0.431. The molecule has 1 saturated heterocycles. The topological polar surface area (TPSA) is 169 Å². The van der Waals surface area contributed by atoms with Crippen molar-refractivity contribution in [3.8, 4) is 0 Å². The number of imidazole rings is 1. The summed E-state index contributed by atoms with van der Waals surface area (Å²) in [7, 11) is -4.06. The van der Waals surface area contributed by atoms with Gasteiger partial charge in [-0.05, 0) is 12.1 Å². The summed E-state index contributed by atoms with van der Waals surface area (Å²) in [5, 5.41) is 21.5. The van der Waals surface area contributed by atoms with Gasteiger partial charge in [-0.2, -0.15) is 0 Å². The maximum absolute atomic E-state index is 12.3. The number of aliphatic hydroxyl groups excluding tert-OH is 2. The first kappa shape index (κ1) is 20.2. The SMILES string of the molecule is O=C(Nc1ncnc2c1ncn2[C@H]1C[C@H](O)[C@@H](CO)O1)NS(=O)(=O)c1ccccc1. The standard InChI is InChI=1S/C17H18N6O6S/c24-7-12-11(25)6-13(29-12)23-9-20-14-15(18-8-19-16(14)23)21-17(26)22-30(27,28)10-4-2-1-3-5-10/h1-5,8-9,11-13,24-25H,6-7H2,(H2,18,19,21,22,26)/t11-,12+,13+/m0/s1. The number of benzene rings is 1. The molecule has 158 valence electrons. The number of anilines is 1. The molecule has 0 saturated carbocycles. The second-order valence-electron chi connectivity index (χ2n) is 6.53. The van der Waals surface area contributed by atoms with E-state index < -0.39 is 34.5 Å². The maximum atomic E-state index is 12.3. The van der Waals surface area contributed by atoms with Crippen molar-refractivity contribution < 1.29 is 28.2 Å². The first-order valence-corrected chi connectivity index (χ1v) is 10.4. The highest BCUT2D eigenvalue weighted by Crippen LogP contribution is 2.31. The molecule has 0 spiro atoms. The number of carbonyl (C=O) groups excluding carboxylic acids is 1. The third-order valence-electron chi connectivity index (χ3n) is 4.57.